The number of aryl methyl sites for hydroxylation is 1. The number of nitrogens with one attached hydrogen (secondary N) is 1. The second kappa shape index (κ2) is 4.13. The van der Waals surface area contributed by atoms with Gasteiger partial charge in [-0.1, -0.05) is 5.16 Å². The van der Waals surface area contributed by atoms with Crippen molar-refractivity contribution < 1.29 is 14.1 Å². The second-order valence-electron chi connectivity index (χ2n) is 3.30. The van der Waals surface area contributed by atoms with Gasteiger partial charge < -0.3 is 9.26 Å². The number of rotatable bonds is 2. The third-order valence-electron chi connectivity index (χ3n) is 1.72. The third kappa shape index (κ3) is 2.48. The van der Waals surface area contributed by atoms with Crippen LogP contribution in [0.5, 0.6) is 0 Å². The van der Waals surface area contributed by atoms with Crippen LogP contribution in [-0.2, 0) is 4.74 Å². The van der Waals surface area contributed by atoms with Crippen molar-refractivity contribution in [3.05, 3.63) is 11.3 Å². The van der Waals surface area contributed by atoms with Crippen LogP contribution in [-0.4, -0.2) is 17.4 Å². The summed E-state index contributed by atoms with van der Waals surface area (Å²) in [7, 11) is 0. The number of hydrogen-bond acceptors (Lipinski definition) is 4. The van der Waals surface area contributed by atoms with E-state index < -0.39 is 6.09 Å². The maximum atomic E-state index is 11.2. The summed E-state index contributed by atoms with van der Waals surface area (Å²) in [5, 5.41) is 6.18. The van der Waals surface area contributed by atoms with Gasteiger partial charge in [0, 0.05) is 5.56 Å². The van der Waals surface area contributed by atoms with Crippen LogP contribution < -0.4 is 5.32 Å². The molecule has 0 aromatic carbocycles. The Balaban J connectivity index is 2.61. The first-order chi connectivity index (χ1) is 6.50. The van der Waals surface area contributed by atoms with Gasteiger partial charge in [-0.05, 0) is 27.7 Å². The van der Waals surface area contributed by atoms with Gasteiger partial charge in [-0.15, -0.1) is 0 Å². The molecule has 5 heteroatoms. The molecule has 5 nitrogen and oxygen atoms in total. The molecule has 1 heterocycles. The molecule has 0 bridgehead atoms. The summed E-state index contributed by atoms with van der Waals surface area (Å²) < 4.78 is 9.77. The molecule has 1 amide bonds. The van der Waals surface area contributed by atoms with Crippen LogP contribution in [0.15, 0.2) is 4.52 Å². The predicted molar refractivity (Wildman–Crippen MR) is 51.2 cm³/mol. The predicted octanol–water partition coefficient (Wildman–Crippen LogP) is 2.25. The highest BCUT2D eigenvalue weighted by Crippen LogP contribution is 2.17. The molecule has 1 aromatic rings. The van der Waals surface area contributed by atoms with Crippen LogP contribution in [0.2, 0.25) is 0 Å². The minimum atomic E-state index is -0.528. The number of anilines is 1. The molecule has 0 fully saturated rings. The fourth-order valence-corrected chi connectivity index (χ4v) is 0.868. The lowest BCUT2D eigenvalue weighted by Crippen LogP contribution is -2.18. The zero-order chi connectivity index (χ0) is 10.7. The van der Waals surface area contributed by atoms with E-state index in [4.69, 9.17) is 9.26 Å². The molecule has 0 unspecified atom stereocenters. The van der Waals surface area contributed by atoms with E-state index in [0.717, 1.165) is 11.3 Å². The van der Waals surface area contributed by atoms with Crippen molar-refractivity contribution in [3.63, 3.8) is 0 Å². The highest BCUT2D eigenvalue weighted by atomic mass is 16.6. The summed E-state index contributed by atoms with van der Waals surface area (Å²) in [6.07, 6.45) is -0.682. The van der Waals surface area contributed by atoms with Gasteiger partial charge >= 0.3 is 6.09 Å². The van der Waals surface area contributed by atoms with Crippen molar-refractivity contribution in [2.75, 3.05) is 5.32 Å². The fraction of sp³-hybridized carbons (Fsp3) is 0.556. The van der Waals surface area contributed by atoms with Crippen molar-refractivity contribution in [3.8, 4) is 0 Å². The van der Waals surface area contributed by atoms with Crippen LogP contribution in [0.4, 0.5) is 10.7 Å². The van der Waals surface area contributed by atoms with E-state index in [0.29, 0.717) is 5.88 Å². The van der Waals surface area contributed by atoms with E-state index in [1.165, 1.54) is 0 Å². The average molecular weight is 198 g/mol. The standard InChI is InChI=1S/C9H14N2O3/c1-5(2)13-9(12)10-8-6(3)7(4)11-14-8/h5H,1-4H3,(H,10,12). The Hall–Kier alpha value is -1.52. The van der Waals surface area contributed by atoms with Gasteiger partial charge in [-0.2, -0.15) is 0 Å². The van der Waals surface area contributed by atoms with Crippen LogP contribution >= 0.6 is 0 Å². The molecule has 14 heavy (non-hydrogen) atoms. The number of hydrogen-bond donors (Lipinski definition) is 1. The highest BCUT2D eigenvalue weighted by molar-refractivity contribution is 5.83. The Morgan fingerprint density at radius 2 is 2.14 bits per heavy atom. The zero-order valence-electron chi connectivity index (χ0n) is 8.75. The summed E-state index contributed by atoms with van der Waals surface area (Å²) in [4.78, 5) is 11.2. The van der Waals surface area contributed by atoms with Crippen molar-refractivity contribution in [1.29, 1.82) is 0 Å². The first-order valence-corrected chi connectivity index (χ1v) is 4.41. The van der Waals surface area contributed by atoms with Crippen molar-refractivity contribution in [1.82, 2.24) is 5.16 Å². The Bertz CT molecular complexity index is 331. The van der Waals surface area contributed by atoms with E-state index in [2.05, 4.69) is 10.5 Å². The van der Waals surface area contributed by atoms with Gasteiger partial charge in [-0.25, -0.2) is 4.79 Å². The molecule has 1 rings (SSSR count). The van der Waals surface area contributed by atoms with E-state index in [1.807, 2.05) is 6.92 Å². The first-order valence-electron chi connectivity index (χ1n) is 4.41. The Kier molecular flexibility index (Phi) is 3.11. The summed E-state index contributed by atoms with van der Waals surface area (Å²) in [5.41, 5.74) is 1.57. The lowest BCUT2D eigenvalue weighted by atomic mass is 10.3. The van der Waals surface area contributed by atoms with Crippen LogP contribution in [0.1, 0.15) is 25.1 Å². The summed E-state index contributed by atoms with van der Waals surface area (Å²) in [6.45, 7) is 7.17. The first kappa shape index (κ1) is 10.6. The minimum Gasteiger partial charge on any atom is -0.447 e. The van der Waals surface area contributed by atoms with Crippen molar-refractivity contribution in [2.45, 2.75) is 33.8 Å². The normalized spacial score (nSPS) is 10.4. The van der Waals surface area contributed by atoms with E-state index in [9.17, 15) is 4.79 Å². The smallest absolute Gasteiger partial charge is 0.414 e. The molecule has 0 aliphatic carbocycles. The van der Waals surface area contributed by atoms with E-state index >= 15 is 0 Å². The molecule has 0 spiro atoms. The molecule has 0 saturated carbocycles. The molecule has 0 saturated heterocycles. The maximum Gasteiger partial charge on any atom is 0.414 e. The van der Waals surface area contributed by atoms with Crippen LogP contribution in [0, 0.1) is 13.8 Å². The lowest BCUT2D eigenvalue weighted by Gasteiger charge is -2.07. The molecule has 0 radical (unpaired) electrons. The second-order valence-corrected chi connectivity index (χ2v) is 3.30. The summed E-state index contributed by atoms with van der Waals surface area (Å²) in [6, 6.07) is 0. The zero-order valence-corrected chi connectivity index (χ0v) is 8.75. The molecule has 78 valence electrons. The topological polar surface area (TPSA) is 64.4 Å². The van der Waals surface area contributed by atoms with E-state index in [1.54, 1.807) is 20.8 Å². The molecular weight excluding hydrogens is 184 g/mol. The number of ether oxygens (including phenoxy) is 1. The number of amides is 1. The monoisotopic (exact) mass is 198 g/mol. The van der Waals surface area contributed by atoms with Gasteiger partial charge in [0.25, 0.3) is 0 Å². The third-order valence-corrected chi connectivity index (χ3v) is 1.72. The number of aromatic nitrogens is 1. The Morgan fingerprint density at radius 3 is 2.57 bits per heavy atom. The van der Waals surface area contributed by atoms with Crippen LogP contribution in [0.3, 0.4) is 0 Å². The fourth-order valence-electron chi connectivity index (χ4n) is 0.868. The maximum absolute atomic E-state index is 11.2. The average Bonchev–Trinajstić information content (AvgIpc) is 2.34. The van der Waals surface area contributed by atoms with E-state index in [-0.39, 0.29) is 6.10 Å². The molecule has 0 aliphatic heterocycles. The van der Waals surface area contributed by atoms with Gasteiger partial charge in [0.15, 0.2) is 0 Å². The molecular formula is C9H14N2O3. The molecule has 1 N–H and O–H groups in total. The van der Waals surface area contributed by atoms with Crippen molar-refractivity contribution >= 4 is 12.0 Å². The lowest BCUT2D eigenvalue weighted by molar-refractivity contribution is 0.129. The number of carbonyl (C=O) groups is 1. The SMILES string of the molecule is Cc1noc(NC(=O)OC(C)C)c1C. The Labute approximate surface area is 82.4 Å². The minimum absolute atomic E-state index is 0.153. The molecule has 0 aliphatic rings. The summed E-state index contributed by atoms with van der Waals surface area (Å²) >= 11 is 0. The quantitative estimate of drug-likeness (QED) is 0.791. The Morgan fingerprint density at radius 1 is 1.50 bits per heavy atom. The summed E-state index contributed by atoms with van der Waals surface area (Å²) in [5.74, 6) is 0.341. The van der Waals surface area contributed by atoms with Gasteiger partial charge in [-0.3, -0.25) is 5.32 Å². The molecule has 0 atom stereocenters. The van der Waals surface area contributed by atoms with Crippen LogP contribution in [0.25, 0.3) is 0 Å². The van der Waals surface area contributed by atoms with Gasteiger partial charge in [0.05, 0.1) is 11.8 Å². The number of carbonyl (C=O) groups excluding carboxylic acids is 1. The molecule has 1 aromatic heterocycles. The largest absolute Gasteiger partial charge is 0.447 e. The number of nitrogens with zero attached hydrogens (tertiary/aromatic N) is 1. The highest BCUT2D eigenvalue weighted by Gasteiger charge is 2.12. The van der Waals surface area contributed by atoms with Gasteiger partial charge in [0.2, 0.25) is 5.88 Å². The van der Waals surface area contributed by atoms with Crippen molar-refractivity contribution in [2.24, 2.45) is 0 Å². The van der Waals surface area contributed by atoms with Gasteiger partial charge in [0.1, 0.15) is 0 Å².